The van der Waals surface area contributed by atoms with E-state index in [9.17, 15) is 4.79 Å². The maximum Gasteiger partial charge on any atom is 0.322 e. The van der Waals surface area contributed by atoms with E-state index in [2.05, 4.69) is 20.7 Å². The van der Waals surface area contributed by atoms with Crippen molar-refractivity contribution in [3.63, 3.8) is 0 Å². The molecule has 0 aromatic rings. The van der Waals surface area contributed by atoms with Crippen LogP contribution in [0.5, 0.6) is 0 Å². The molecule has 1 aliphatic rings. The lowest BCUT2D eigenvalue weighted by molar-refractivity contribution is -0.137. The SMILES string of the molecule is O=C1OCC(O)C1Br. The molecule has 1 fully saturated rings. The number of cyclic esters (lactones) is 1. The van der Waals surface area contributed by atoms with Gasteiger partial charge in [0.1, 0.15) is 17.5 Å². The van der Waals surface area contributed by atoms with Crippen LogP contribution in [0.1, 0.15) is 0 Å². The summed E-state index contributed by atoms with van der Waals surface area (Å²) in [6.07, 6.45) is -0.664. The summed E-state index contributed by atoms with van der Waals surface area (Å²) in [5.74, 6) is -0.377. The Labute approximate surface area is 54.8 Å². The van der Waals surface area contributed by atoms with Crippen molar-refractivity contribution in [1.82, 2.24) is 0 Å². The molecule has 1 rings (SSSR count). The molecule has 0 aromatic carbocycles. The van der Waals surface area contributed by atoms with Gasteiger partial charge in [-0.2, -0.15) is 0 Å². The van der Waals surface area contributed by atoms with E-state index in [0.717, 1.165) is 0 Å². The number of aliphatic hydroxyl groups is 1. The minimum atomic E-state index is -0.664. The second kappa shape index (κ2) is 2.03. The van der Waals surface area contributed by atoms with Crippen LogP contribution in [-0.4, -0.2) is 28.6 Å². The standard InChI is InChI=1S/C4H5BrO3/c5-3-2(6)1-8-4(3)7/h2-3,6H,1H2. The average Bonchev–Trinajstić information content (AvgIpc) is 1.98. The smallest absolute Gasteiger partial charge is 0.322 e. The Balaban J connectivity index is 2.56. The van der Waals surface area contributed by atoms with Crippen molar-refractivity contribution in [3.05, 3.63) is 0 Å². The summed E-state index contributed by atoms with van der Waals surface area (Å²) in [4.78, 5) is 9.84. The number of carbonyl (C=O) groups excluding carboxylic acids is 1. The number of hydrogen-bond donors (Lipinski definition) is 1. The molecule has 3 nitrogen and oxygen atoms in total. The van der Waals surface area contributed by atoms with Gasteiger partial charge in [0.15, 0.2) is 0 Å². The summed E-state index contributed by atoms with van der Waals surface area (Å²) >= 11 is 2.94. The van der Waals surface area contributed by atoms with Crippen molar-refractivity contribution in [2.24, 2.45) is 0 Å². The van der Waals surface area contributed by atoms with E-state index < -0.39 is 10.9 Å². The van der Waals surface area contributed by atoms with Crippen molar-refractivity contribution in [1.29, 1.82) is 0 Å². The van der Waals surface area contributed by atoms with Gasteiger partial charge in [-0.15, -0.1) is 0 Å². The predicted molar refractivity (Wildman–Crippen MR) is 29.7 cm³/mol. The summed E-state index contributed by atoms with van der Waals surface area (Å²) in [6, 6.07) is 0. The van der Waals surface area contributed by atoms with Crippen LogP contribution in [0.25, 0.3) is 0 Å². The molecule has 1 saturated heterocycles. The Hall–Kier alpha value is -0.0900. The molecule has 0 spiro atoms. The molecule has 1 N–H and O–H groups in total. The van der Waals surface area contributed by atoms with Gasteiger partial charge in [-0.05, 0) is 0 Å². The van der Waals surface area contributed by atoms with E-state index in [-0.39, 0.29) is 12.6 Å². The van der Waals surface area contributed by atoms with E-state index in [1.165, 1.54) is 0 Å². The van der Waals surface area contributed by atoms with Crippen LogP contribution in [0, 0.1) is 0 Å². The van der Waals surface area contributed by atoms with Crippen LogP contribution >= 0.6 is 15.9 Å². The third kappa shape index (κ3) is 0.855. The Morgan fingerprint density at radius 3 is 2.62 bits per heavy atom. The molecule has 1 heterocycles. The Morgan fingerprint density at radius 2 is 2.50 bits per heavy atom. The summed E-state index contributed by atoms with van der Waals surface area (Å²) in [7, 11) is 0. The van der Waals surface area contributed by atoms with Gasteiger partial charge in [0.25, 0.3) is 0 Å². The third-order valence-electron chi connectivity index (χ3n) is 0.959. The first-order valence-corrected chi connectivity index (χ1v) is 3.12. The second-order valence-electron chi connectivity index (χ2n) is 1.60. The molecule has 0 aliphatic carbocycles. The van der Waals surface area contributed by atoms with Gasteiger partial charge in [-0.25, -0.2) is 0 Å². The topological polar surface area (TPSA) is 46.5 Å². The van der Waals surface area contributed by atoms with E-state index in [0.29, 0.717) is 0 Å². The van der Waals surface area contributed by atoms with Crippen LogP contribution in [0.3, 0.4) is 0 Å². The minimum Gasteiger partial charge on any atom is -0.462 e. The summed E-state index contributed by atoms with van der Waals surface area (Å²) < 4.78 is 4.44. The van der Waals surface area contributed by atoms with Crippen LogP contribution in [0.15, 0.2) is 0 Å². The van der Waals surface area contributed by atoms with Gasteiger partial charge < -0.3 is 9.84 Å². The molecule has 0 aromatic heterocycles. The molecule has 4 heteroatoms. The van der Waals surface area contributed by atoms with Gasteiger partial charge >= 0.3 is 5.97 Å². The number of halogens is 1. The normalized spacial score (nSPS) is 37.5. The molecule has 2 atom stereocenters. The summed E-state index contributed by atoms with van der Waals surface area (Å²) in [6.45, 7) is 0.120. The fourth-order valence-electron chi connectivity index (χ4n) is 0.489. The fourth-order valence-corrected chi connectivity index (χ4v) is 0.773. The quantitative estimate of drug-likeness (QED) is 0.411. The maximum absolute atomic E-state index is 10.4. The van der Waals surface area contributed by atoms with Crippen LogP contribution in [0.2, 0.25) is 0 Å². The zero-order chi connectivity index (χ0) is 6.15. The van der Waals surface area contributed by atoms with E-state index >= 15 is 0 Å². The molecular formula is C4H5BrO3. The Kier molecular flexibility index (Phi) is 1.53. The van der Waals surface area contributed by atoms with E-state index in [1.54, 1.807) is 0 Å². The van der Waals surface area contributed by atoms with Crippen LogP contribution in [-0.2, 0) is 9.53 Å². The third-order valence-corrected chi connectivity index (χ3v) is 1.94. The van der Waals surface area contributed by atoms with Crippen molar-refractivity contribution in [2.45, 2.75) is 10.9 Å². The largest absolute Gasteiger partial charge is 0.462 e. The molecule has 0 bridgehead atoms. The first kappa shape index (κ1) is 6.04. The molecule has 46 valence electrons. The minimum absolute atomic E-state index is 0.120. The molecule has 0 radical (unpaired) electrons. The van der Waals surface area contributed by atoms with Crippen molar-refractivity contribution in [3.8, 4) is 0 Å². The zero-order valence-electron chi connectivity index (χ0n) is 4.00. The molecule has 1 aliphatic heterocycles. The van der Waals surface area contributed by atoms with Crippen LogP contribution in [0.4, 0.5) is 0 Å². The highest BCUT2D eigenvalue weighted by Gasteiger charge is 2.32. The number of ether oxygens (including phenoxy) is 1. The van der Waals surface area contributed by atoms with Crippen molar-refractivity contribution >= 4 is 21.9 Å². The Morgan fingerprint density at radius 1 is 1.88 bits per heavy atom. The predicted octanol–water partition coefficient (Wildman–Crippen LogP) is -0.332. The number of hydrogen-bond acceptors (Lipinski definition) is 3. The monoisotopic (exact) mass is 180 g/mol. The van der Waals surface area contributed by atoms with Gasteiger partial charge in [0, 0.05) is 0 Å². The van der Waals surface area contributed by atoms with Gasteiger partial charge in [0.2, 0.25) is 0 Å². The summed E-state index contributed by atoms with van der Waals surface area (Å²) in [5.41, 5.74) is 0. The van der Waals surface area contributed by atoms with Gasteiger partial charge in [-0.3, -0.25) is 4.79 Å². The van der Waals surface area contributed by atoms with E-state index in [4.69, 9.17) is 5.11 Å². The molecule has 0 amide bonds. The van der Waals surface area contributed by atoms with Crippen LogP contribution < -0.4 is 0 Å². The number of aliphatic hydroxyl groups excluding tert-OH is 1. The number of carbonyl (C=O) groups is 1. The number of rotatable bonds is 0. The lowest BCUT2D eigenvalue weighted by Crippen LogP contribution is -2.19. The molecular weight excluding hydrogens is 176 g/mol. The van der Waals surface area contributed by atoms with E-state index in [1.807, 2.05) is 0 Å². The highest BCUT2D eigenvalue weighted by molar-refractivity contribution is 9.10. The molecule has 0 saturated carbocycles. The first-order valence-electron chi connectivity index (χ1n) is 2.20. The van der Waals surface area contributed by atoms with Gasteiger partial charge in [-0.1, -0.05) is 15.9 Å². The van der Waals surface area contributed by atoms with Gasteiger partial charge in [0.05, 0.1) is 0 Å². The first-order chi connectivity index (χ1) is 3.72. The summed E-state index contributed by atoms with van der Waals surface area (Å²) in [5, 5.41) is 8.78. The maximum atomic E-state index is 10.4. The lowest BCUT2D eigenvalue weighted by atomic mass is 10.3. The highest BCUT2D eigenvalue weighted by Crippen LogP contribution is 2.14. The number of esters is 1. The average molecular weight is 181 g/mol. The molecule has 8 heavy (non-hydrogen) atoms. The Bertz CT molecular complexity index is 114. The molecule has 2 unspecified atom stereocenters. The number of alkyl halides is 1. The zero-order valence-corrected chi connectivity index (χ0v) is 5.59. The lowest BCUT2D eigenvalue weighted by Gasteiger charge is -1.95. The van der Waals surface area contributed by atoms with Crippen molar-refractivity contribution < 1.29 is 14.6 Å². The van der Waals surface area contributed by atoms with Crippen molar-refractivity contribution in [2.75, 3.05) is 6.61 Å². The fraction of sp³-hybridized carbons (Fsp3) is 0.750. The second-order valence-corrected chi connectivity index (χ2v) is 2.59. The highest BCUT2D eigenvalue weighted by atomic mass is 79.9.